The molecule has 1 aromatic rings. The first-order valence-electron chi connectivity index (χ1n) is 2.44. The number of aromatic nitrogens is 2. The maximum absolute atomic E-state index is 8.38. The van der Waals surface area contributed by atoms with Crippen LogP contribution in [0.3, 0.4) is 0 Å². The van der Waals surface area contributed by atoms with E-state index in [4.69, 9.17) is 16.6 Å². The number of anilines is 1. The van der Waals surface area contributed by atoms with Gasteiger partial charge in [0.05, 0.1) is 5.70 Å². The molecule has 0 spiro atoms. The SMILES string of the molecule is N/C(=C\O)c1nonc1N. The summed E-state index contributed by atoms with van der Waals surface area (Å²) in [7, 11) is 0. The van der Waals surface area contributed by atoms with Crippen molar-refractivity contribution in [2.24, 2.45) is 5.73 Å². The highest BCUT2D eigenvalue weighted by Crippen LogP contribution is 2.10. The van der Waals surface area contributed by atoms with Crippen LogP contribution < -0.4 is 11.5 Å². The second-order valence-corrected chi connectivity index (χ2v) is 1.58. The molecule has 0 amide bonds. The van der Waals surface area contributed by atoms with Gasteiger partial charge in [-0.25, -0.2) is 4.63 Å². The van der Waals surface area contributed by atoms with Crippen LogP contribution in [-0.4, -0.2) is 15.4 Å². The van der Waals surface area contributed by atoms with Gasteiger partial charge in [-0.15, -0.1) is 0 Å². The Morgan fingerprint density at radius 2 is 2.30 bits per heavy atom. The third-order valence-electron chi connectivity index (χ3n) is 0.926. The molecule has 5 N–H and O–H groups in total. The van der Waals surface area contributed by atoms with Crippen LogP contribution in [0.5, 0.6) is 0 Å². The van der Waals surface area contributed by atoms with Crippen LogP contribution in [0.1, 0.15) is 5.69 Å². The first kappa shape index (κ1) is 6.40. The fourth-order valence-electron chi connectivity index (χ4n) is 0.457. The average molecular weight is 142 g/mol. The molecule has 54 valence electrons. The minimum Gasteiger partial charge on any atom is -0.513 e. The van der Waals surface area contributed by atoms with E-state index in [1.54, 1.807) is 0 Å². The molecule has 0 fully saturated rings. The fraction of sp³-hybridized carbons (Fsp3) is 0. The first-order chi connectivity index (χ1) is 4.75. The molecule has 0 atom stereocenters. The summed E-state index contributed by atoms with van der Waals surface area (Å²) in [6.45, 7) is 0. The van der Waals surface area contributed by atoms with Crippen molar-refractivity contribution >= 4 is 11.5 Å². The largest absolute Gasteiger partial charge is 0.513 e. The lowest BCUT2D eigenvalue weighted by atomic mass is 10.3. The van der Waals surface area contributed by atoms with Gasteiger partial charge in [-0.2, -0.15) is 0 Å². The van der Waals surface area contributed by atoms with E-state index in [9.17, 15) is 0 Å². The summed E-state index contributed by atoms with van der Waals surface area (Å²) in [5.74, 6) is 0.0581. The summed E-state index contributed by atoms with van der Waals surface area (Å²) in [4.78, 5) is 0. The molecule has 0 aliphatic carbocycles. The fourth-order valence-corrected chi connectivity index (χ4v) is 0.457. The van der Waals surface area contributed by atoms with Crippen LogP contribution in [-0.2, 0) is 0 Å². The molecule has 0 aliphatic rings. The summed E-state index contributed by atoms with van der Waals surface area (Å²) in [6.07, 6.45) is 0.676. The minimum atomic E-state index is 0.0266. The van der Waals surface area contributed by atoms with Crippen molar-refractivity contribution in [2.45, 2.75) is 0 Å². The van der Waals surface area contributed by atoms with Crippen molar-refractivity contribution in [3.63, 3.8) is 0 Å². The topological polar surface area (TPSA) is 111 Å². The van der Waals surface area contributed by atoms with E-state index in [1.165, 1.54) is 0 Å². The van der Waals surface area contributed by atoms with E-state index in [2.05, 4.69) is 14.9 Å². The molecule has 0 unspecified atom stereocenters. The molecular formula is C4H6N4O2. The van der Waals surface area contributed by atoms with Crippen molar-refractivity contribution in [2.75, 3.05) is 5.73 Å². The van der Waals surface area contributed by atoms with Gasteiger partial charge < -0.3 is 16.6 Å². The molecule has 6 nitrogen and oxygen atoms in total. The molecule has 0 saturated heterocycles. The van der Waals surface area contributed by atoms with Crippen molar-refractivity contribution in [1.82, 2.24) is 10.3 Å². The molecule has 0 bridgehead atoms. The summed E-state index contributed by atoms with van der Waals surface area (Å²) in [6, 6.07) is 0. The van der Waals surface area contributed by atoms with Crippen LogP contribution in [0.4, 0.5) is 5.82 Å². The Bertz CT molecular complexity index is 254. The quantitative estimate of drug-likeness (QED) is 0.454. The first-order valence-corrected chi connectivity index (χ1v) is 2.44. The van der Waals surface area contributed by atoms with E-state index in [0.717, 1.165) is 0 Å². The number of aliphatic hydroxyl groups excluding tert-OH is 1. The van der Waals surface area contributed by atoms with Gasteiger partial charge in [-0.3, -0.25) is 0 Å². The van der Waals surface area contributed by atoms with E-state index >= 15 is 0 Å². The summed E-state index contributed by atoms with van der Waals surface area (Å²) in [5.41, 5.74) is 10.6. The minimum absolute atomic E-state index is 0.0266. The number of nitrogens with two attached hydrogens (primary N) is 2. The van der Waals surface area contributed by atoms with Crippen molar-refractivity contribution in [3.05, 3.63) is 12.0 Å². The second-order valence-electron chi connectivity index (χ2n) is 1.58. The van der Waals surface area contributed by atoms with Gasteiger partial charge in [0, 0.05) is 0 Å². The zero-order chi connectivity index (χ0) is 7.56. The van der Waals surface area contributed by atoms with Crippen LogP contribution >= 0.6 is 0 Å². The highest BCUT2D eigenvalue weighted by Gasteiger charge is 2.07. The molecule has 6 heteroatoms. The Hall–Kier alpha value is -1.72. The molecule has 1 aromatic heterocycles. The summed E-state index contributed by atoms with van der Waals surface area (Å²) >= 11 is 0. The van der Waals surface area contributed by atoms with E-state index in [0.29, 0.717) is 6.26 Å². The normalized spacial score (nSPS) is 11.8. The molecule has 0 saturated carbocycles. The third-order valence-corrected chi connectivity index (χ3v) is 0.926. The predicted molar refractivity (Wildman–Crippen MR) is 33.5 cm³/mol. The Morgan fingerprint density at radius 3 is 2.70 bits per heavy atom. The van der Waals surface area contributed by atoms with Gasteiger partial charge in [-0.1, -0.05) is 0 Å². The summed E-state index contributed by atoms with van der Waals surface area (Å²) in [5, 5.41) is 14.9. The molecule has 0 aliphatic heterocycles. The Morgan fingerprint density at radius 1 is 1.60 bits per heavy atom. The third kappa shape index (κ3) is 0.859. The number of hydrogen-bond acceptors (Lipinski definition) is 6. The van der Waals surface area contributed by atoms with Crippen LogP contribution in [0.25, 0.3) is 5.70 Å². The van der Waals surface area contributed by atoms with Gasteiger partial charge in [0.15, 0.2) is 11.5 Å². The summed E-state index contributed by atoms with van der Waals surface area (Å²) < 4.78 is 4.21. The van der Waals surface area contributed by atoms with Gasteiger partial charge in [-0.05, 0) is 10.3 Å². The maximum Gasteiger partial charge on any atom is 0.198 e. The van der Waals surface area contributed by atoms with Gasteiger partial charge in [0.1, 0.15) is 6.26 Å². The highest BCUT2D eigenvalue weighted by atomic mass is 16.6. The zero-order valence-electron chi connectivity index (χ0n) is 4.98. The van der Waals surface area contributed by atoms with Crippen LogP contribution in [0, 0.1) is 0 Å². The number of nitrogens with zero attached hydrogens (tertiary/aromatic N) is 2. The number of hydrogen-bond donors (Lipinski definition) is 3. The van der Waals surface area contributed by atoms with Crippen LogP contribution in [0.2, 0.25) is 0 Å². The van der Waals surface area contributed by atoms with Gasteiger partial charge in [0.2, 0.25) is 0 Å². The van der Waals surface area contributed by atoms with E-state index < -0.39 is 0 Å². The smallest absolute Gasteiger partial charge is 0.198 e. The second kappa shape index (κ2) is 2.26. The molecule has 0 radical (unpaired) electrons. The van der Waals surface area contributed by atoms with E-state index in [1.807, 2.05) is 0 Å². The highest BCUT2D eigenvalue weighted by molar-refractivity contribution is 5.65. The standard InChI is InChI=1S/C4H6N4O2/c5-2(1-9)3-4(6)8-10-7-3/h1,9H,5H2,(H2,6,8)/b2-1-. The maximum atomic E-state index is 8.38. The monoisotopic (exact) mass is 142 g/mol. The van der Waals surface area contributed by atoms with Crippen LogP contribution in [0.15, 0.2) is 10.9 Å². The van der Waals surface area contributed by atoms with E-state index in [-0.39, 0.29) is 17.2 Å². The number of nitrogen functional groups attached to an aromatic ring is 1. The lowest BCUT2D eigenvalue weighted by molar-refractivity contribution is 0.307. The predicted octanol–water partition coefficient (Wildman–Crippen LogP) is -0.533. The molecule has 0 aromatic carbocycles. The molecule has 1 heterocycles. The average Bonchev–Trinajstić information content (AvgIpc) is 2.34. The lowest BCUT2D eigenvalue weighted by Gasteiger charge is -1.89. The molecule has 1 rings (SSSR count). The van der Waals surface area contributed by atoms with Crippen molar-refractivity contribution in [3.8, 4) is 0 Å². The zero-order valence-corrected chi connectivity index (χ0v) is 4.98. The van der Waals surface area contributed by atoms with Crippen molar-refractivity contribution in [1.29, 1.82) is 0 Å². The Kier molecular flexibility index (Phi) is 1.44. The Labute approximate surface area is 56.1 Å². The Balaban J connectivity index is 3.05. The number of aliphatic hydroxyl groups is 1. The van der Waals surface area contributed by atoms with Gasteiger partial charge in [0.25, 0.3) is 0 Å². The molecular weight excluding hydrogens is 136 g/mol. The van der Waals surface area contributed by atoms with Gasteiger partial charge >= 0.3 is 0 Å². The van der Waals surface area contributed by atoms with Crippen molar-refractivity contribution < 1.29 is 9.74 Å². The molecule has 10 heavy (non-hydrogen) atoms. The number of rotatable bonds is 1. The lowest BCUT2D eigenvalue weighted by Crippen LogP contribution is -2.00.